The van der Waals surface area contributed by atoms with Crippen molar-refractivity contribution < 1.29 is 23.5 Å². The van der Waals surface area contributed by atoms with E-state index < -0.39 is 11.7 Å². The van der Waals surface area contributed by atoms with Gasteiger partial charge in [0.1, 0.15) is 5.82 Å². The molecule has 0 unspecified atom stereocenters. The number of nitrogens with one attached hydrogen (secondary N) is 2. The zero-order valence-electron chi connectivity index (χ0n) is 18.2. The summed E-state index contributed by atoms with van der Waals surface area (Å²) in [6.45, 7) is 1.63. The van der Waals surface area contributed by atoms with E-state index in [2.05, 4.69) is 10.6 Å². The standard InChI is InChI=1S/C25H24FN3O4/c1-16-6-9-21(20(27)12-16)29-24(30)11-8-17-7-10-22(23(13-17)32-2)33-15-25(31)28-19-5-3-4-18(26)14-19/h3-14H,15,27H2,1-2H3,(H,28,31)(H,29,30)/b11-8+. The topological polar surface area (TPSA) is 103 Å². The maximum absolute atomic E-state index is 13.2. The summed E-state index contributed by atoms with van der Waals surface area (Å²) in [4.78, 5) is 24.3. The van der Waals surface area contributed by atoms with Crippen molar-refractivity contribution in [2.75, 3.05) is 30.1 Å². The highest BCUT2D eigenvalue weighted by Gasteiger charge is 2.09. The molecule has 0 spiro atoms. The third-order valence-corrected chi connectivity index (χ3v) is 4.55. The van der Waals surface area contributed by atoms with Crippen LogP contribution in [-0.4, -0.2) is 25.5 Å². The number of ether oxygens (including phenoxy) is 2. The zero-order chi connectivity index (χ0) is 23.8. The third-order valence-electron chi connectivity index (χ3n) is 4.55. The first-order valence-electron chi connectivity index (χ1n) is 10.1. The lowest BCUT2D eigenvalue weighted by Crippen LogP contribution is -2.20. The first kappa shape index (κ1) is 23.3. The van der Waals surface area contributed by atoms with E-state index in [0.717, 1.165) is 5.56 Å². The highest BCUT2D eigenvalue weighted by atomic mass is 19.1. The smallest absolute Gasteiger partial charge is 0.262 e. The van der Waals surface area contributed by atoms with Crippen molar-refractivity contribution in [3.63, 3.8) is 0 Å². The number of halogens is 1. The first-order valence-corrected chi connectivity index (χ1v) is 10.1. The molecule has 0 aromatic heterocycles. The molecule has 4 N–H and O–H groups in total. The summed E-state index contributed by atoms with van der Waals surface area (Å²) in [5.41, 5.74) is 8.97. The van der Waals surface area contributed by atoms with Crippen molar-refractivity contribution in [2.24, 2.45) is 0 Å². The first-order chi connectivity index (χ1) is 15.8. The summed E-state index contributed by atoms with van der Waals surface area (Å²) in [6.07, 6.45) is 2.99. The van der Waals surface area contributed by atoms with Crippen LogP contribution in [0.2, 0.25) is 0 Å². The summed E-state index contributed by atoms with van der Waals surface area (Å²) in [5, 5.41) is 5.28. The normalized spacial score (nSPS) is 10.6. The lowest BCUT2D eigenvalue weighted by molar-refractivity contribution is -0.118. The molecular formula is C25H24FN3O4. The Morgan fingerprint density at radius 3 is 2.58 bits per heavy atom. The van der Waals surface area contributed by atoms with E-state index in [1.165, 1.54) is 31.4 Å². The van der Waals surface area contributed by atoms with Gasteiger partial charge in [0.05, 0.1) is 18.5 Å². The molecule has 0 aliphatic heterocycles. The van der Waals surface area contributed by atoms with Gasteiger partial charge in [-0.15, -0.1) is 0 Å². The molecular weight excluding hydrogens is 425 g/mol. The predicted octanol–water partition coefficient (Wildman–Crippen LogP) is 4.39. The fourth-order valence-corrected chi connectivity index (χ4v) is 2.96. The van der Waals surface area contributed by atoms with Crippen LogP contribution in [0.15, 0.2) is 66.7 Å². The molecule has 3 rings (SSSR count). The van der Waals surface area contributed by atoms with Gasteiger partial charge >= 0.3 is 0 Å². The molecule has 0 saturated carbocycles. The Kier molecular flexibility index (Phi) is 7.64. The quantitative estimate of drug-likeness (QED) is 0.350. The molecule has 33 heavy (non-hydrogen) atoms. The number of aryl methyl sites for hydroxylation is 1. The van der Waals surface area contributed by atoms with Crippen molar-refractivity contribution in [3.8, 4) is 11.5 Å². The Bertz CT molecular complexity index is 1190. The van der Waals surface area contributed by atoms with Crippen LogP contribution in [0.25, 0.3) is 6.08 Å². The molecule has 3 aromatic rings. The van der Waals surface area contributed by atoms with Crippen LogP contribution in [0.4, 0.5) is 21.5 Å². The highest BCUT2D eigenvalue weighted by Crippen LogP contribution is 2.28. The number of hydrogen-bond donors (Lipinski definition) is 3. The highest BCUT2D eigenvalue weighted by molar-refractivity contribution is 6.03. The minimum absolute atomic E-state index is 0.289. The summed E-state index contributed by atoms with van der Waals surface area (Å²) in [7, 11) is 1.47. The lowest BCUT2D eigenvalue weighted by Gasteiger charge is -2.11. The molecule has 0 saturated heterocycles. The van der Waals surface area contributed by atoms with Gasteiger partial charge in [-0.25, -0.2) is 4.39 Å². The number of nitrogen functional groups attached to an aromatic ring is 1. The van der Waals surface area contributed by atoms with Crippen molar-refractivity contribution in [1.82, 2.24) is 0 Å². The molecule has 0 atom stereocenters. The summed E-state index contributed by atoms with van der Waals surface area (Å²) < 4.78 is 24.1. The number of hydrogen-bond acceptors (Lipinski definition) is 5. The third kappa shape index (κ3) is 6.83. The molecule has 0 aliphatic carbocycles. The van der Waals surface area contributed by atoms with E-state index >= 15 is 0 Å². The monoisotopic (exact) mass is 449 g/mol. The number of carbonyl (C=O) groups is 2. The van der Waals surface area contributed by atoms with Crippen LogP contribution in [0.5, 0.6) is 11.5 Å². The van der Waals surface area contributed by atoms with Gasteiger partial charge in [0, 0.05) is 11.8 Å². The molecule has 0 bridgehead atoms. The van der Waals surface area contributed by atoms with Gasteiger partial charge in [0.25, 0.3) is 5.91 Å². The number of amides is 2. The van der Waals surface area contributed by atoms with Crippen LogP contribution in [0.3, 0.4) is 0 Å². The molecule has 0 heterocycles. The molecule has 3 aromatic carbocycles. The summed E-state index contributed by atoms with van der Waals surface area (Å²) in [6, 6.07) is 16.0. The fraction of sp³-hybridized carbons (Fsp3) is 0.120. The number of benzene rings is 3. The second-order valence-corrected chi connectivity index (χ2v) is 7.17. The molecule has 0 aliphatic rings. The van der Waals surface area contributed by atoms with Crippen molar-refractivity contribution in [3.05, 3.63) is 83.7 Å². The molecule has 0 fully saturated rings. The van der Waals surface area contributed by atoms with Gasteiger partial charge in [0.2, 0.25) is 5.91 Å². The number of carbonyl (C=O) groups excluding carboxylic acids is 2. The number of methoxy groups -OCH3 is 1. The molecule has 0 radical (unpaired) electrons. The Morgan fingerprint density at radius 1 is 1.03 bits per heavy atom. The van der Waals surface area contributed by atoms with E-state index in [1.807, 2.05) is 13.0 Å². The van der Waals surface area contributed by atoms with Crippen LogP contribution in [0, 0.1) is 12.7 Å². The van der Waals surface area contributed by atoms with Gasteiger partial charge in [0.15, 0.2) is 18.1 Å². The lowest BCUT2D eigenvalue weighted by atomic mass is 10.1. The van der Waals surface area contributed by atoms with E-state index in [0.29, 0.717) is 34.1 Å². The van der Waals surface area contributed by atoms with E-state index in [9.17, 15) is 14.0 Å². The minimum Gasteiger partial charge on any atom is -0.493 e. The SMILES string of the molecule is COc1cc(/C=C/C(=O)Nc2ccc(C)cc2N)ccc1OCC(=O)Nc1cccc(F)c1. The maximum atomic E-state index is 13.2. The number of anilines is 3. The van der Waals surface area contributed by atoms with Crippen LogP contribution >= 0.6 is 0 Å². The van der Waals surface area contributed by atoms with E-state index in [1.54, 1.807) is 42.5 Å². The Balaban J connectivity index is 1.59. The summed E-state index contributed by atoms with van der Waals surface area (Å²) >= 11 is 0. The largest absolute Gasteiger partial charge is 0.493 e. The van der Waals surface area contributed by atoms with E-state index in [4.69, 9.17) is 15.2 Å². The van der Waals surface area contributed by atoms with Gasteiger partial charge < -0.3 is 25.8 Å². The molecule has 2 amide bonds. The second kappa shape index (κ2) is 10.8. The van der Waals surface area contributed by atoms with Gasteiger partial charge in [-0.3, -0.25) is 9.59 Å². The second-order valence-electron chi connectivity index (χ2n) is 7.17. The molecule has 7 nitrogen and oxygen atoms in total. The predicted molar refractivity (Wildman–Crippen MR) is 127 cm³/mol. The average molecular weight is 449 g/mol. The number of rotatable bonds is 8. The number of nitrogens with two attached hydrogens (primary N) is 1. The van der Waals surface area contributed by atoms with Gasteiger partial charge in [-0.05, 0) is 66.6 Å². The van der Waals surface area contributed by atoms with Crippen LogP contribution in [-0.2, 0) is 9.59 Å². The zero-order valence-corrected chi connectivity index (χ0v) is 18.2. The fourth-order valence-electron chi connectivity index (χ4n) is 2.96. The summed E-state index contributed by atoms with van der Waals surface area (Å²) in [5.74, 6) is -0.493. The van der Waals surface area contributed by atoms with Gasteiger partial charge in [-0.2, -0.15) is 0 Å². The molecule has 170 valence electrons. The minimum atomic E-state index is -0.449. The average Bonchev–Trinajstić information content (AvgIpc) is 2.78. The Labute approximate surface area is 191 Å². The van der Waals surface area contributed by atoms with Crippen molar-refractivity contribution in [2.45, 2.75) is 6.92 Å². The maximum Gasteiger partial charge on any atom is 0.262 e. The van der Waals surface area contributed by atoms with Gasteiger partial charge in [-0.1, -0.05) is 18.2 Å². The van der Waals surface area contributed by atoms with Crippen molar-refractivity contribution in [1.29, 1.82) is 0 Å². The Hall–Kier alpha value is -4.33. The molecule has 8 heteroatoms. The Morgan fingerprint density at radius 2 is 1.85 bits per heavy atom. The van der Waals surface area contributed by atoms with Crippen molar-refractivity contribution >= 4 is 35.0 Å². The van der Waals surface area contributed by atoms with Crippen LogP contribution in [0.1, 0.15) is 11.1 Å². The van der Waals surface area contributed by atoms with Crippen LogP contribution < -0.4 is 25.8 Å². The van der Waals surface area contributed by atoms with E-state index in [-0.39, 0.29) is 12.5 Å².